The Morgan fingerprint density at radius 3 is 2.45 bits per heavy atom. The van der Waals surface area contributed by atoms with Gasteiger partial charge in [-0.2, -0.15) is 0 Å². The van der Waals surface area contributed by atoms with Crippen molar-refractivity contribution in [1.82, 2.24) is 10.0 Å². The highest BCUT2D eigenvalue weighted by Crippen LogP contribution is 2.28. The van der Waals surface area contributed by atoms with Crippen molar-refractivity contribution < 1.29 is 13.3 Å². The first kappa shape index (κ1) is 17.1. The van der Waals surface area contributed by atoms with Gasteiger partial charge in [0.2, 0.25) is 10.0 Å². The molecule has 0 aromatic heterocycles. The highest BCUT2D eigenvalue weighted by Gasteiger charge is 2.35. The number of rotatable bonds is 4. The van der Waals surface area contributed by atoms with E-state index >= 15 is 0 Å². The number of nitro benzene ring substituents is 1. The Kier molecular flexibility index (Phi) is 5.06. The van der Waals surface area contributed by atoms with Crippen molar-refractivity contribution in [2.75, 3.05) is 0 Å². The molecule has 22 heavy (non-hydrogen) atoms. The summed E-state index contributed by atoms with van der Waals surface area (Å²) in [6, 6.07) is 5.79. The van der Waals surface area contributed by atoms with E-state index in [2.05, 4.69) is 10.0 Å². The van der Waals surface area contributed by atoms with Gasteiger partial charge >= 0.3 is 0 Å². The van der Waals surface area contributed by atoms with Gasteiger partial charge in [-0.05, 0) is 31.7 Å². The van der Waals surface area contributed by atoms with E-state index in [1.807, 2.05) is 0 Å². The van der Waals surface area contributed by atoms with Gasteiger partial charge in [-0.3, -0.25) is 10.1 Å². The maximum atomic E-state index is 12.4. The topological polar surface area (TPSA) is 101 Å². The quantitative estimate of drug-likeness (QED) is 0.636. The van der Waals surface area contributed by atoms with E-state index in [4.69, 9.17) is 0 Å². The number of piperidine rings is 1. The van der Waals surface area contributed by atoms with Crippen LogP contribution in [0, 0.1) is 10.1 Å². The van der Waals surface area contributed by atoms with Gasteiger partial charge in [0.1, 0.15) is 0 Å². The molecule has 9 heteroatoms. The van der Waals surface area contributed by atoms with Gasteiger partial charge in [-0.1, -0.05) is 6.07 Å². The summed E-state index contributed by atoms with van der Waals surface area (Å²) in [6.07, 6.45) is 3.70. The number of nitrogens with one attached hydrogen (secondary N) is 2. The van der Waals surface area contributed by atoms with Crippen molar-refractivity contribution in [1.29, 1.82) is 0 Å². The normalized spacial score (nSPS) is 27.2. The minimum absolute atomic E-state index is 0. The van der Waals surface area contributed by atoms with Gasteiger partial charge < -0.3 is 5.32 Å². The van der Waals surface area contributed by atoms with Gasteiger partial charge in [0.15, 0.2) is 0 Å². The second-order valence-electron chi connectivity index (χ2n) is 5.68. The molecule has 2 heterocycles. The van der Waals surface area contributed by atoms with E-state index in [1.165, 1.54) is 18.2 Å². The number of benzene rings is 1. The predicted molar refractivity (Wildman–Crippen MR) is 83.6 cm³/mol. The number of hydrogen-bond donors (Lipinski definition) is 2. The molecule has 0 amide bonds. The smallest absolute Gasteiger partial charge is 0.270 e. The molecule has 0 radical (unpaired) electrons. The molecule has 0 aliphatic carbocycles. The first-order chi connectivity index (χ1) is 9.94. The van der Waals surface area contributed by atoms with E-state index in [0.29, 0.717) is 12.1 Å². The molecule has 2 saturated heterocycles. The number of halogens is 1. The molecule has 2 atom stereocenters. The number of hydrogen-bond acceptors (Lipinski definition) is 5. The summed E-state index contributed by atoms with van der Waals surface area (Å²) in [4.78, 5) is 10.1. The molecule has 2 bridgehead atoms. The molecule has 2 unspecified atom stereocenters. The lowest BCUT2D eigenvalue weighted by Crippen LogP contribution is -2.47. The summed E-state index contributed by atoms with van der Waals surface area (Å²) in [7, 11) is -3.72. The summed E-state index contributed by atoms with van der Waals surface area (Å²) in [5, 5.41) is 14.2. The van der Waals surface area contributed by atoms with E-state index in [1.54, 1.807) is 0 Å². The van der Waals surface area contributed by atoms with Gasteiger partial charge in [0.05, 0.1) is 9.82 Å². The van der Waals surface area contributed by atoms with Crippen LogP contribution in [-0.4, -0.2) is 31.5 Å². The molecule has 0 saturated carbocycles. The zero-order chi connectivity index (χ0) is 15.0. The number of nitro groups is 1. The Balaban J connectivity index is 0.00000176. The molecule has 0 spiro atoms. The van der Waals surface area contributed by atoms with Crippen molar-refractivity contribution in [3.05, 3.63) is 34.4 Å². The second-order valence-corrected chi connectivity index (χ2v) is 7.40. The Bertz CT molecular complexity index is 655. The van der Waals surface area contributed by atoms with Crippen LogP contribution in [0.1, 0.15) is 25.7 Å². The van der Waals surface area contributed by atoms with Crippen molar-refractivity contribution in [2.24, 2.45) is 0 Å². The molecule has 3 rings (SSSR count). The van der Waals surface area contributed by atoms with Crippen LogP contribution in [0.3, 0.4) is 0 Å². The molecule has 2 fully saturated rings. The molecule has 1 aromatic carbocycles. The van der Waals surface area contributed by atoms with Crippen LogP contribution < -0.4 is 10.0 Å². The number of fused-ring (bicyclic) bond motifs is 2. The summed E-state index contributed by atoms with van der Waals surface area (Å²) in [6.45, 7) is 0. The first-order valence-electron chi connectivity index (χ1n) is 6.97. The second kappa shape index (κ2) is 6.49. The third-order valence-electron chi connectivity index (χ3n) is 4.13. The molecule has 122 valence electrons. The molecule has 7 nitrogen and oxygen atoms in total. The van der Waals surface area contributed by atoms with E-state index in [-0.39, 0.29) is 29.0 Å². The highest BCUT2D eigenvalue weighted by atomic mass is 35.5. The minimum Gasteiger partial charge on any atom is -0.311 e. The fourth-order valence-electron chi connectivity index (χ4n) is 3.21. The number of nitrogens with zero attached hydrogens (tertiary/aromatic N) is 1. The molecule has 2 aliphatic rings. The van der Waals surface area contributed by atoms with Crippen LogP contribution >= 0.6 is 12.4 Å². The third-order valence-corrected chi connectivity index (χ3v) is 5.65. The monoisotopic (exact) mass is 347 g/mol. The Labute approximate surface area is 135 Å². The van der Waals surface area contributed by atoms with Crippen LogP contribution in [0.15, 0.2) is 29.2 Å². The van der Waals surface area contributed by atoms with Crippen LogP contribution in [0.5, 0.6) is 0 Å². The Morgan fingerprint density at radius 1 is 1.23 bits per heavy atom. The number of sulfonamides is 1. The minimum atomic E-state index is -3.72. The fourth-order valence-corrected chi connectivity index (χ4v) is 4.51. The average molecular weight is 348 g/mol. The standard InChI is InChI=1S/C13H17N3O4S.ClH/c17-16(18)12-2-1-3-13(8-12)21(19,20)15-11-6-9-4-5-10(7-11)14-9;/h1-3,8-11,14-15H,4-7H2;1H. The molecule has 1 aromatic rings. The Morgan fingerprint density at radius 2 is 1.86 bits per heavy atom. The van der Waals surface area contributed by atoms with Gasteiger partial charge in [-0.25, -0.2) is 13.1 Å². The summed E-state index contributed by atoms with van der Waals surface area (Å²) >= 11 is 0. The Hall–Kier alpha value is -1.22. The van der Waals surface area contributed by atoms with Crippen LogP contribution in [0.25, 0.3) is 0 Å². The molecule has 2 N–H and O–H groups in total. The maximum absolute atomic E-state index is 12.4. The molecular formula is C13H18ClN3O4S. The lowest BCUT2D eigenvalue weighted by atomic mass is 10.0. The first-order valence-corrected chi connectivity index (χ1v) is 8.45. The largest absolute Gasteiger partial charge is 0.311 e. The summed E-state index contributed by atoms with van der Waals surface area (Å²) < 4.78 is 27.4. The number of non-ortho nitro benzene ring substituents is 1. The van der Waals surface area contributed by atoms with Crippen molar-refractivity contribution >= 4 is 28.1 Å². The molecule has 2 aliphatic heterocycles. The molecular weight excluding hydrogens is 330 g/mol. The lowest BCUT2D eigenvalue weighted by Gasteiger charge is -2.29. The summed E-state index contributed by atoms with van der Waals surface area (Å²) in [5.74, 6) is 0. The third kappa shape index (κ3) is 3.57. The van der Waals surface area contributed by atoms with Gasteiger partial charge in [-0.15, -0.1) is 12.4 Å². The van der Waals surface area contributed by atoms with Crippen LogP contribution in [0.4, 0.5) is 5.69 Å². The van der Waals surface area contributed by atoms with E-state index < -0.39 is 14.9 Å². The van der Waals surface area contributed by atoms with Crippen molar-refractivity contribution in [3.8, 4) is 0 Å². The van der Waals surface area contributed by atoms with Crippen molar-refractivity contribution in [2.45, 2.75) is 48.7 Å². The zero-order valence-corrected chi connectivity index (χ0v) is 13.4. The summed E-state index contributed by atoms with van der Waals surface area (Å²) in [5.41, 5.74) is -0.219. The van der Waals surface area contributed by atoms with Crippen LogP contribution in [0.2, 0.25) is 0 Å². The predicted octanol–water partition coefficient (Wildman–Crippen LogP) is 1.58. The lowest BCUT2D eigenvalue weighted by molar-refractivity contribution is -0.385. The van der Waals surface area contributed by atoms with E-state index in [0.717, 1.165) is 31.7 Å². The maximum Gasteiger partial charge on any atom is 0.270 e. The van der Waals surface area contributed by atoms with E-state index in [9.17, 15) is 18.5 Å². The average Bonchev–Trinajstić information content (AvgIpc) is 2.77. The van der Waals surface area contributed by atoms with Crippen LogP contribution in [-0.2, 0) is 10.0 Å². The SMILES string of the molecule is Cl.O=[N+]([O-])c1cccc(S(=O)(=O)NC2CC3CCC(C2)N3)c1. The fraction of sp³-hybridized carbons (Fsp3) is 0.538. The van der Waals surface area contributed by atoms with Gasteiger partial charge in [0, 0.05) is 30.3 Å². The van der Waals surface area contributed by atoms with Crippen molar-refractivity contribution in [3.63, 3.8) is 0 Å². The van der Waals surface area contributed by atoms with Gasteiger partial charge in [0.25, 0.3) is 5.69 Å². The highest BCUT2D eigenvalue weighted by molar-refractivity contribution is 7.89. The zero-order valence-electron chi connectivity index (χ0n) is 11.8.